The second-order valence-electron chi connectivity index (χ2n) is 4.53. The van der Waals surface area contributed by atoms with Crippen molar-refractivity contribution in [3.8, 4) is 0 Å². The lowest BCUT2D eigenvalue weighted by Gasteiger charge is -2.11. The van der Waals surface area contributed by atoms with Gasteiger partial charge >= 0.3 is 0 Å². The van der Waals surface area contributed by atoms with Crippen LogP contribution in [0.3, 0.4) is 0 Å². The average Bonchev–Trinajstić information content (AvgIpc) is 2.52. The number of rotatable bonds is 1. The Labute approximate surface area is 95.6 Å². The van der Waals surface area contributed by atoms with Gasteiger partial charge in [0.05, 0.1) is 5.69 Å². The van der Waals surface area contributed by atoms with Crippen molar-refractivity contribution in [1.82, 2.24) is 19.6 Å². The lowest BCUT2D eigenvalue weighted by Crippen LogP contribution is -2.22. The molecule has 0 aliphatic carbocycles. The molecular weight excluding hydrogens is 204 g/mol. The topological polar surface area (TPSA) is 41.4 Å². The normalized spacial score (nSPS) is 16.7. The fourth-order valence-electron chi connectivity index (χ4n) is 1.96. The fourth-order valence-corrected chi connectivity index (χ4v) is 1.96. The SMILES string of the molecule is CN1CCCn2nc(C(=O)N(C)C)cc2C1. The molecule has 16 heavy (non-hydrogen) atoms. The molecule has 0 saturated heterocycles. The summed E-state index contributed by atoms with van der Waals surface area (Å²) in [5.41, 5.74) is 1.68. The molecule has 1 aliphatic rings. The van der Waals surface area contributed by atoms with Crippen LogP contribution < -0.4 is 0 Å². The van der Waals surface area contributed by atoms with E-state index < -0.39 is 0 Å². The Hall–Kier alpha value is -1.36. The predicted octanol–water partition coefficient (Wildman–Crippen LogP) is 0.420. The minimum atomic E-state index is -0.0248. The van der Waals surface area contributed by atoms with E-state index in [-0.39, 0.29) is 5.91 Å². The quantitative estimate of drug-likeness (QED) is 0.691. The minimum absolute atomic E-state index is 0.0248. The second-order valence-corrected chi connectivity index (χ2v) is 4.53. The van der Waals surface area contributed by atoms with Crippen molar-refractivity contribution >= 4 is 5.91 Å². The zero-order valence-electron chi connectivity index (χ0n) is 10.1. The van der Waals surface area contributed by atoms with E-state index in [1.165, 1.54) is 0 Å². The molecule has 1 amide bonds. The van der Waals surface area contributed by atoms with E-state index in [1.807, 2.05) is 10.7 Å². The van der Waals surface area contributed by atoms with E-state index in [0.717, 1.165) is 31.7 Å². The van der Waals surface area contributed by atoms with Crippen LogP contribution in [-0.4, -0.2) is 53.2 Å². The number of hydrogen-bond donors (Lipinski definition) is 0. The number of fused-ring (bicyclic) bond motifs is 1. The van der Waals surface area contributed by atoms with Crippen LogP contribution in [0.4, 0.5) is 0 Å². The largest absolute Gasteiger partial charge is 0.343 e. The van der Waals surface area contributed by atoms with Crippen molar-refractivity contribution in [2.24, 2.45) is 0 Å². The first-order chi connectivity index (χ1) is 7.58. The van der Waals surface area contributed by atoms with E-state index in [0.29, 0.717) is 5.69 Å². The molecule has 2 rings (SSSR count). The summed E-state index contributed by atoms with van der Waals surface area (Å²) in [7, 11) is 5.59. The van der Waals surface area contributed by atoms with Gasteiger partial charge in [-0.05, 0) is 19.5 Å². The number of aromatic nitrogens is 2. The summed E-state index contributed by atoms with van der Waals surface area (Å²) in [4.78, 5) is 15.6. The van der Waals surface area contributed by atoms with Crippen LogP contribution in [0.15, 0.2) is 6.07 Å². The first-order valence-corrected chi connectivity index (χ1v) is 5.55. The Bertz CT molecular complexity index is 397. The fraction of sp³-hybridized carbons (Fsp3) is 0.636. The molecule has 1 aliphatic heterocycles. The molecule has 0 saturated carbocycles. The molecule has 0 spiro atoms. The molecule has 1 aromatic heterocycles. The number of carbonyl (C=O) groups is 1. The second kappa shape index (κ2) is 4.25. The van der Waals surface area contributed by atoms with Gasteiger partial charge in [-0.3, -0.25) is 9.48 Å². The van der Waals surface area contributed by atoms with E-state index in [1.54, 1.807) is 19.0 Å². The zero-order chi connectivity index (χ0) is 11.7. The van der Waals surface area contributed by atoms with E-state index in [4.69, 9.17) is 0 Å². The molecule has 0 radical (unpaired) electrons. The van der Waals surface area contributed by atoms with Gasteiger partial charge in [-0.2, -0.15) is 5.10 Å². The van der Waals surface area contributed by atoms with E-state index in [2.05, 4.69) is 17.0 Å². The predicted molar refractivity (Wildman–Crippen MR) is 61.2 cm³/mol. The highest BCUT2D eigenvalue weighted by Crippen LogP contribution is 2.13. The third-order valence-corrected chi connectivity index (χ3v) is 2.83. The van der Waals surface area contributed by atoms with Crippen molar-refractivity contribution in [3.63, 3.8) is 0 Å². The molecule has 5 heteroatoms. The summed E-state index contributed by atoms with van der Waals surface area (Å²) < 4.78 is 1.96. The van der Waals surface area contributed by atoms with Crippen molar-refractivity contribution in [1.29, 1.82) is 0 Å². The van der Waals surface area contributed by atoms with Gasteiger partial charge in [0.25, 0.3) is 5.91 Å². The third-order valence-electron chi connectivity index (χ3n) is 2.83. The summed E-state index contributed by atoms with van der Waals surface area (Å²) in [6, 6.07) is 1.91. The molecule has 5 nitrogen and oxygen atoms in total. The summed E-state index contributed by atoms with van der Waals surface area (Å²) in [5.74, 6) is -0.0248. The van der Waals surface area contributed by atoms with Gasteiger partial charge in [-0.25, -0.2) is 0 Å². The molecule has 1 aromatic rings. The van der Waals surface area contributed by atoms with Crippen LogP contribution in [-0.2, 0) is 13.1 Å². The Morgan fingerprint density at radius 2 is 2.19 bits per heavy atom. The molecular formula is C11H18N4O. The van der Waals surface area contributed by atoms with Gasteiger partial charge < -0.3 is 9.80 Å². The molecule has 0 atom stereocenters. The van der Waals surface area contributed by atoms with Crippen molar-refractivity contribution < 1.29 is 4.79 Å². The first-order valence-electron chi connectivity index (χ1n) is 5.55. The zero-order valence-corrected chi connectivity index (χ0v) is 10.1. The number of hydrogen-bond acceptors (Lipinski definition) is 3. The molecule has 2 heterocycles. The first kappa shape index (κ1) is 11.1. The molecule has 0 fully saturated rings. The lowest BCUT2D eigenvalue weighted by molar-refractivity contribution is 0.0821. The number of aryl methyl sites for hydroxylation is 1. The maximum absolute atomic E-state index is 11.8. The molecule has 0 N–H and O–H groups in total. The summed E-state index contributed by atoms with van der Waals surface area (Å²) in [6.45, 7) is 2.86. The van der Waals surface area contributed by atoms with Gasteiger partial charge in [-0.15, -0.1) is 0 Å². The van der Waals surface area contributed by atoms with Gasteiger partial charge in [0.15, 0.2) is 5.69 Å². The van der Waals surface area contributed by atoms with E-state index >= 15 is 0 Å². The van der Waals surface area contributed by atoms with Crippen LogP contribution in [0.25, 0.3) is 0 Å². The van der Waals surface area contributed by atoms with Crippen LogP contribution in [0.2, 0.25) is 0 Å². The highest BCUT2D eigenvalue weighted by atomic mass is 16.2. The number of carbonyl (C=O) groups excluding carboxylic acids is 1. The Balaban J connectivity index is 2.26. The van der Waals surface area contributed by atoms with Crippen molar-refractivity contribution in [2.75, 3.05) is 27.7 Å². The number of amides is 1. The Morgan fingerprint density at radius 1 is 1.44 bits per heavy atom. The molecule has 0 bridgehead atoms. The lowest BCUT2D eigenvalue weighted by atomic mass is 10.3. The molecule has 0 unspecified atom stereocenters. The maximum atomic E-state index is 11.8. The van der Waals surface area contributed by atoms with Crippen LogP contribution >= 0.6 is 0 Å². The Morgan fingerprint density at radius 3 is 2.88 bits per heavy atom. The Kier molecular flexibility index (Phi) is 2.96. The van der Waals surface area contributed by atoms with Gasteiger partial charge in [-0.1, -0.05) is 0 Å². The van der Waals surface area contributed by atoms with Crippen LogP contribution in [0, 0.1) is 0 Å². The standard InChI is InChI=1S/C11H18N4O/c1-13(2)11(16)10-7-9-8-14(3)5-4-6-15(9)12-10/h7H,4-6,8H2,1-3H3. The number of nitrogens with zero attached hydrogens (tertiary/aromatic N) is 4. The summed E-state index contributed by atoms with van der Waals surface area (Å²) >= 11 is 0. The van der Waals surface area contributed by atoms with Crippen molar-refractivity contribution in [3.05, 3.63) is 17.5 Å². The van der Waals surface area contributed by atoms with Gasteiger partial charge in [0.2, 0.25) is 0 Å². The van der Waals surface area contributed by atoms with Crippen LogP contribution in [0.1, 0.15) is 22.6 Å². The van der Waals surface area contributed by atoms with Gasteiger partial charge in [0, 0.05) is 33.7 Å². The van der Waals surface area contributed by atoms with Crippen molar-refractivity contribution in [2.45, 2.75) is 19.5 Å². The maximum Gasteiger partial charge on any atom is 0.273 e. The van der Waals surface area contributed by atoms with Crippen LogP contribution in [0.5, 0.6) is 0 Å². The van der Waals surface area contributed by atoms with E-state index in [9.17, 15) is 4.79 Å². The smallest absolute Gasteiger partial charge is 0.273 e. The summed E-state index contributed by atoms with van der Waals surface area (Å²) in [6.07, 6.45) is 1.08. The monoisotopic (exact) mass is 222 g/mol. The van der Waals surface area contributed by atoms with Gasteiger partial charge in [0.1, 0.15) is 0 Å². The highest BCUT2D eigenvalue weighted by molar-refractivity contribution is 5.92. The minimum Gasteiger partial charge on any atom is -0.343 e. The average molecular weight is 222 g/mol. The third kappa shape index (κ3) is 2.09. The molecule has 88 valence electrons. The summed E-state index contributed by atoms with van der Waals surface area (Å²) in [5, 5.41) is 4.37. The highest BCUT2D eigenvalue weighted by Gasteiger charge is 2.18. The molecule has 0 aromatic carbocycles.